The van der Waals surface area contributed by atoms with Gasteiger partial charge in [-0.15, -0.1) is 0 Å². The average Bonchev–Trinajstić information content (AvgIpc) is 2.29. The van der Waals surface area contributed by atoms with E-state index in [0.29, 0.717) is 12.2 Å². The first-order valence-corrected chi connectivity index (χ1v) is 5.97. The van der Waals surface area contributed by atoms with E-state index in [9.17, 15) is 9.59 Å². The Bertz CT molecular complexity index is 406. The molecule has 0 aliphatic heterocycles. The number of nitrogens with one attached hydrogen (secondary N) is 1. The van der Waals surface area contributed by atoms with Crippen LogP contribution in [0, 0.1) is 0 Å². The molecule has 1 rings (SSSR count). The summed E-state index contributed by atoms with van der Waals surface area (Å²) in [6, 6.07) is 3.35. The van der Waals surface area contributed by atoms with Crippen LogP contribution < -0.4 is 5.32 Å². The predicted octanol–water partition coefficient (Wildman–Crippen LogP) is 1.05. The fourth-order valence-electron chi connectivity index (χ4n) is 1.24. The number of carbonyl (C=O) groups excluding carboxylic acids is 2. The van der Waals surface area contributed by atoms with Crippen LogP contribution in [0.2, 0.25) is 0 Å². The molecular weight excluding hydrogens is 286 g/mol. The van der Waals surface area contributed by atoms with Crippen LogP contribution in [-0.4, -0.2) is 41.8 Å². The van der Waals surface area contributed by atoms with E-state index in [4.69, 9.17) is 0 Å². The minimum atomic E-state index is -0.274. The van der Waals surface area contributed by atoms with Crippen LogP contribution in [0.4, 0.5) is 0 Å². The molecule has 92 valence electrons. The highest BCUT2D eigenvalue weighted by Crippen LogP contribution is 2.08. The first-order chi connectivity index (χ1) is 8.04. The quantitative estimate of drug-likeness (QED) is 0.904. The number of hydrogen-bond donors (Lipinski definition) is 1. The molecule has 0 unspecified atom stereocenters. The molecule has 1 N–H and O–H groups in total. The van der Waals surface area contributed by atoms with Gasteiger partial charge in [0.1, 0.15) is 5.69 Å². The van der Waals surface area contributed by atoms with Gasteiger partial charge in [0.25, 0.3) is 5.91 Å². The van der Waals surface area contributed by atoms with E-state index < -0.39 is 0 Å². The van der Waals surface area contributed by atoms with Crippen molar-refractivity contribution in [3.8, 4) is 0 Å². The lowest BCUT2D eigenvalue weighted by molar-refractivity contribution is -0.121. The van der Waals surface area contributed by atoms with Gasteiger partial charge in [0.2, 0.25) is 5.91 Å². The van der Waals surface area contributed by atoms with Crippen molar-refractivity contribution in [2.24, 2.45) is 0 Å². The summed E-state index contributed by atoms with van der Waals surface area (Å²) in [6.45, 7) is 2.41. The van der Waals surface area contributed by atoms with E-state index in [1.54, 1.807) is 25.4 Å². The molecule has 0 spiro atoms. The van der Waals surface area contributed by atoms with Crippen molar-refractivity contribution in [3.63, 3.8) is 0 Å². The Morgan fingerprint density at radius 1 is 1.47 bits per heavy atom. The van der Waals surface area contributed by atoms with Gasteiger partial charge in [0.15, 0.2) is 0 Å². The summed E-state index contributed by atoms with van der Waals surface area (Å²) in [5, 5.41) is 2.63. The van der Waals surface area contributed by atoms with E-state index >= 15 is 0 Å². The Hall–Kier alpha value is -1.43. The third-order valence-corrected chi connectivity index (χ3v) is 2.52. The number of rotatable bonds is 4. The molecule has 0 atom stereocenters. The van der Waals surface area contributed by atoms with Crippen molar-refractivity contribution >= 4 is 27.7 Å². The Morgan fingerprint density at radius 3 is 2.71 bits per heavy atom. The lowest BCUT2D eigenvalue weighted by Crippen LogP contribution is -2.38. The molecule has 1 heterocycles. The molecule has 0 aliphatic rings. The van der Waals surface area contributed by atoms with Crippen molar-refractivity contribution in [1.29, 1.82) is 0 Å². The summed E-state index contributed by atoms with van der Waals surface area (Å²) in [4.78, 5) is 28.5. The van der Waals surface area contributed by atoms with Crippen molar-refractivity contribution in [2.75, 3.05) is 20.1 Å². The van der Waals surface area contributed by atoms with Gasteiger partial charge in [0.05, 0.1) is 6.54 Å². The number of aromatic nitrogens is 1. The van der Waals surface area contributed by atoms with E-state index in [0.717, 1.165) is 4.47 Å². The van der Waals surface area contributed by atoms with Crippen molar-refractivity contribution in [1.82, 2.24) is 15.2 Å². The van der Waals surface area contributed by atoms with Gasteiger partial charge in [-0.05, 0) is 35.0 Å². The zero-order chi connectivity index (χ0) is 12.8. The summed E-state index contributed by atoms with van der Waals surface area (Å²) in [6.07, 6.45) is 1.55. The monoisotopic (exact) mass is 299 g/mol. The fraction of sp³-hybridized carbons (Fsp3) is 0.364. The molecule has 2 amide bonds. The molecule has 0 aromatic carbocycles. The number of carbonyl (C=O) groups is 2. The SMILES string of the molecule is CCNC(=O)CN(C)C(=O)c1ccc(Br)cn1. The van der Waals surface area contributed by atoms with Gasteiger partial charge in [-0.1, -0.05) is 0 Å². The highest BCUT2D eigenvalue weighted by atomic mass is 79.9. The van der Waals surface area contributed by atoms with Crippen molar-refractivity contribution in [2.45, 2.75) is 6.92 Å². The highest BCUT2D eigenvalue weighted by Gasteiger charge is 2.15. The van der Waals surface area contributed by atoms with Gasteiger partial charge in [-0.25, -0.2) is 4.98 Å². The number of halogens is 1. The maximum absolute atomic E-state index is 11.9. The van der Waals surface area contributed by atoms with Gasteiger partial charge in [-0.3, -0.25) is 9.59 Å². The highest BCUT2D eigenvalue weighted by molar-refractivity contribution is 9.10. The van der Waals surface area contributed by atoms with Crippen LogP contribution >= 0.6 is 15.9 Å². The van der Waals surface area contributed by atoms with Crippen LogP contribution in [0.1, 0.15) is 17.4 Å². The fourth-order valence-corrected chi connectivity index (χ4v) is 1.47. The van der Waals surface area contributed by atoms with E-state index in [2.05, 4.69) is 26.2 Å². The molecular formula is C11H14BrN3O2. The van der Waals surface area contributed by atoms with Crippen molar-refractivity contribution < 1.29 is 9.59 Å². The van der Waals surface area contributed by atoms with Gasteiger partial charge >= 0.3 is 0 Å². The minimum Gasteiger partial charge on any atom is -0.355 e. The number of hydrogen-bond acceptors (Lipinski definition) is 3. The first-order valence-electron chi connectivity index (χ1n) is 5.18. The number of amides is 2. The summed E-state index contributed by atoms with van der Waals surface area (Å²) in [7, 11) is 1.57. The third kappa shape index (κ3) is 4.14. The zero-order valence-corrected chi connectivity index (χ0v) is 11.3. The summed E-state index contributed by atoms with van der Waals surface area (Å²) in [5.74, 6) is -0.454. The number of nitrogens with zero attached hydrogens (tertiary/aromatic N) is 2. The Kier molecular flexibility index (Phi) is 5.09. The van der Waals surface area contributed by atoms with E-state index in [-0.39, 0.29) is 18.4 Å². The third-order valence-electron chi connectivity index (χ3n) is 2.05. The molecule has 0 aliphatic carbocycles. The van der Waals surface area contributed by atoms with Gasteiger partial charge < -0.3 is 10.2 Å². The second kappa shape index (κ2) is 6.34. The second-order valence-corrected chi connectivity index (χ2v) is 4.39. The van der Waals surface area contributed by atoms with Crippen LogP contribution in [-0.2, 0) is 4.79 Å². The lowest BCUT2D eigenvalue weighted by atomic mass is 10.3. The van der Waals surface area contributed by atoms with Crippen LogP contribution in [0.25, 0.3) is 0 Å². The Balaban J connectivity index is 2.63. The van der Waals surface area contributed by atoms with E-state index in [1.807, 2.05) is 6.92 Å². The normalized spacial score (nSPS) is 9.82. The van der Waals surface area contributed by atoms with Gasteiger partial charge in [-0.2, -0.15) is 0 Å². The van der Waals surface area contributed by atoms with Crippen molar-refractivity contribution in [3.05, 3.63) is 28.5 Å². The average molecular weight is 300 g/mol. The van der Waals surface area contributed by atoms with Gasteiger partial charge in [0, 0.05) is 24.3 Å². The van der Waals surface area contributed by atoms with Crippen LogP contribution in [0.15, 0.2) is 22.8 Å². The predicted molar refractivity (Wildman–Crippen MR) is 67.6 cm³/mol. The first kappa shape index (κ1) is 13.6. The molecule has 1 aromatic rings. The number of likely N-dealkylation sites (N-methyl/N-ethyl adjacent to an activating group) is 2. The molecule has 5 nitrogen and oxygen atoms in total. The lowest BCUT2D eigenvalue weighted by Gasteiger charge is -2.15. The Labute approximate surface area is 108 Å². The molecule has 1 aromatic heterocycles. The maximum Gasteiger partial charge on any atom is 0.272 e. The minimum absolute atomic E-state index is 0.0322. The molecule has 6 heteroatoms. The topological polar surface area (TPSA) is 62.3 Å². The largest absolute Gasteiger partial charge is 0.355 e. The summed E-state index contributed by atoms with van der Waals surface area (Å²) < 4.78 is 0.806. The molecule has 17 heavy (non-hydrogen) atoms. The zero-order valence-electron chi connectivity index (χ0n) is 9.74. The molecule has 0 radical (unpaired) electrons. The second-order valence-electron chi connectivity index (χ2n) is 3.48. The summed E-state index contributed by atoms with van der Waals surface area (Å²) >= 11 is 3.24. The standard InChI is InChI=1S/C11H14BrN3O2/c1-3-13-10(16)7-15(2)11(17)9-5-4-8(12)6-14-9/h4-6H,3,7H2,1-2H3,(H,13,16). The Morgan fingerprint density at radius 2 is 2.18 bits per heavy atom. The molecule has 0 bridgehead atoms. The van der Waals surface area contributed by atoms with Crippen LogP contribution in [0.3, 0.4) is 0 Å². The summed E-state index contributed by atoms with van der Waals surface area (Å²) in [5.41, 5.74) is 0.319. The molecule has 0 saturated heterocycles. The maximum atomic E-state index is 11.9. The molecule has 0 saturated carbocycles. The smallest absolute Gasteiger partial charge is 0.272 e. The number of pyridine rings is 1. The molecule has 0 fully saturated rings. The van der Waals surface area contributed by atoms with E-state index in [1.165, 1.54) is 4.90 Å². The van der Waals surface area contributed by atoms with Crippen LogP contribution in [0.5, 0.6) is 0 Å².